The number of benzene rings is 2. The Bertz CT molecular complexity index is 755. The lowest BCUT2D eigenvalue weighted by atomic mass is 10.2. The van der Waals surface area contributed by atoms with Gasteiger partial charge in [0.05, 0.1) is 6.54 Å². The second kappa shape index (κ2) is 8.43. The van der Waals surface area contributed by atoms with Crippen molar-refractivity contribution >= 4 is 34.6 Å². The van der Waals surface area contributed by atoms with Crippen molar-refractivity contribution in [1.29, 1.82) is 0 Å². The van der Waals surface area contributed by atoms with Crippen LogP contribution in [-0.4, -0.2) is 50.6 Å². The lowest BCUT2D eigenvalue weighted by Gasteiger charge is -2.34. The van der Waals surface area contributed by atoms with Crippen LogP contribution in [0.15, 0.2) is 42.5 Å². The molecule has 2 aromatic rings. The van der Waals surface area contributed by atoms with Crippen LogP contribution in [0.25, 0.3) is 0 Å². The van der Waals surface area contributed by atoms with Crippen molar-refractivity contribution in [3.05, 3.63) is 53.1 Å². The lowest BCUT2D eigenvalue weighted by molar-refractivity contribution is -0.114. The van der Waals surface area contributed by atoms with Crippen LogP contribution < -0.4 is 15.5 Å². The maximum Gasteiger partial charge on any atom is 0.243 e. The van der Waals surface area contributed by atoms with Crippen LogP contribution >= 0.6 is 11.6 Å². The fourth-order valence-electron chi connectivity index (χ4n) is 2.97. The molecule has 0 aromatic heterocycles. The zero-order valence-electron chi connectivity index (χ0n) is 15.3. The number of piperazine rings is 1. The van der Waals surface area contributed by atoms with Gasteiger partial charge in [-0.3, -0.25) is 4.79 Å². The molecule has 1 amide bonds. The topological polar surface area (TPSA) is 47.6 Å². The van der Waals surface area contributed by atoms with Crippen LogP contribution in [0, 0.1) is 6.92 Å². The predicted octanol–water partition coefficient (Wildman–Crippen LogP) is 3.45. The molecule has 1 aliphatic heterocycles. The molecule has 0 bridgehead atoms. The SMILES string of the molecule is Cc1c(Cl)cccc1NC(=O)CNc1ccc(N2CCN(C)CC2)cc1. The summed E-state index contributed by atoms with van der Waals surface area (Å²) < 4.78 is 0. The molecule has 6 heteroatoms. The summed E-state index contributed by atoms with van der Waals surface area (Å²) in [6.45, 7) is 6.36. The van der Waals surface area contributed by atoms with E-state index in [2.05, 4.69) is 39.6 Å². The Balaban J connectivity index is 1.51. The number of hydrogen-bond donors (Lipinski definition) is 2. The number of amides is 1. The molecule has 3 rings (SSSR count). The Labute approximate surface area is 159 Å². The number of likely N-dealkylation sites (N-methyl/N-ethyl adjacent to an activating group) is 1. The van der Waals surface area contributed by atoms with Crippen LogP contribution in [0.5, 0.6) is 0 Å². The first-order valence-electron chi connectivity index (χ1n) is 8.85. The van der Waals surface area contributed by atoms with Gasteiger partial charge < -0.3 is 20.4 Å². The molecule has 1 aliphatic rings. The van der Waals surface area contributed by atoms with Gasteiger partial charge in [-0.25, -0.2) is 0 Å². The highest BCUT2D eigenvalue weighted by atomic mass is 35.5. The van der Waals surface area contributed by atoms with Crippen molar-refractivity contribution in [2.45, 2.75) is 6.92 Å². The lowest BCUT2D eigenvalue weighted by Crippen LogP contribution is -2.44. The van der Waals surface area contributed by atoms with Gasteiger partial charge in [0.25, 0.3) is 0 Å². The Morgan fingerprint density at radius 1 is 1.08 bits per heavy atom. The molecule has 0 unspecified atom stereocenters. The van der Waals surface area contributed by atoms with Crippen molar-refractivity contribution < 1.29 is 4.79 Å². The first kappa shape index (κ1) is 18.5. The number of nitrogens with zero attached hydrogens (tertiary/aromatic N) is 2. The van der Waals surface area contributed by atoms with Crippen LogP contribution in [0.1, 0.15) is 5.56 Å². The molecule has 2 N–H and O–H groups in total. The highest BCUT2D eigenvalue weighted by molar-refractivity contribution is 6.31. The van der Waals surface area contributed by atoms with Crippen molar-refractivity contribution in [1.82, 2.24) is 4.90 Å². The molecule has 1 heterocycles. The third-order valence-electron chi connectivity index (χ3n) is 4.73. The minimum atomic E-state index is -0.0986. The van der Waals surface area contributed by atoms with Crippen molar-refractivity contribution in [3.8, 4) is 0 Å². The van der Waals surface area contributed by atoms with Crippen LogP contribution in [0.3, 0.4) is 0 Å². The second-order valence-corrected chi connectivity index (χ2v) is 7.06. The molecule has 1 fully saturated rings. The molecular formula is C20H25ClN4O. The summed E-state index contributed by atoms with van der Waals surface area (Å²) in [7, 11) is 2.15. The first-order valence-corrected chi connectivity index (χ1v) is 9.23. The Hall–Kier alpha value is -2.24. The zero-order chi connectivity index (χ0) is 18.5. The van der Waals surface area contributed by atoms with Crippen LogP contribution in [0.2, 0.25) is 5.02 Å². The van der Waals surface area contributed by atoms with Gasteiger partial charge in [-0.15, -0.1) is 0 Å². The molecule has 0 aliphatic carbocycles. The van der Waals surface area contributed by atoms with Gasteiger partial charge >= 0.3 is 0 Å². The van der Waals surface area contributed by atoms with Gasteiger partial charge in [-0.2, -0.15) is 0 Å². The Morgan fingerprint density at radius 2 is 1.77 bits per heavy atom. The Morgan fingerprint density at radius 3 is 2.46 bits per heavy atom. The van der Waals surface area contributed by atoms with E-state index >= 15 is 0 Å². The van der Waals surface area contributed by atoms with E-state index in [0.717, 1.165) is 43.1 Å². The Kier molecular flexibility index (Phi) is 6.01. The molecule has 1 saturated heterocycles. The van der Waals surface area contributed by atoms with Crippen molar-refractivity contribution in [2.75, 3.05) is 55.3 Å². The number of rotatable bonds is 5. The van der Waals surface area contributed by atoms with Crippen molar-refractivity contribution in [2.24, 2.45) is 0 Å². The second-order valence-electron chi connectivity index (χ2n) is 6.65. The summed E-state index contributed by atoms with van der Waals surface area (Å²) in [5.41, 5.74) is 3.78. The van der Waals surface area contributed by atoms with Gasteiger partial charge in [0.2, 0.25) is 5.91 Å². The predicted molar refractivity (Wildman–Crippen MR) is 109 cm³/mol. The summed E-state index contributed by atoms with van der Waals surface area (Å²) in [5, 5.41) is 6.70. The average Bonchev–Trinajstić information content (AvgIpc) is 2.65. The summed E-state index contributed by atoms with van der Waals surface area (Å²) >= 11 is 6.08. The maximum atomic E-state index is 12.2. The van der Waals surface area contributed by atoms with Gasteiger partial charge in [0, 0.05) is 48.3 Å². The highest BCUT2D eigenvalue weighted by Gasteiger charge is 2.14. The number of hydrogen-bond acceptors (Lipinski definition) is 4. The largest absolute Gasteiger partial charge is 0.376 e. The molecule has 0 radical (unpaired) electrons. The third kappa shape index (κ3) is 4.68. The number of anilines is 3. The normalized spacial score (nSPS) is 15.0. The minimum Gasteiger partial charge on any atom is -0.376 e. The number of carbonyl (C=O) groups is 1. The van der Waals surface area contributed by atoms with Gasteiger partial charge in [0.15, 0.2) is 0 Å². The number of carbonyl (C=O) groups excluding carboxylic acids is 1. The average molecular weight is 373 g/mol. The van der Waals surface area contributed by atoms with E-state index in [-0.39, 0.29) is 12.5 Å². The molecule has 26 heavy (non-hydrogen) atoms. The van der Waals surface area contributed by atoms with E-state index in [0.29, 0.717) is 5.02 Å². The van der Waals surface area contributed by atoms with E-state index in [1.807, 2.05) is 37.3 Å². The van der Waals surface area contributed by atoms with Gasteiger partial charge in [-0.1, -0.05) is 17.7 Å². The van der Waals surface area contributed by atoms with Crippen LogP contribution in [-0.2, 0) is 4.79 Å². The minimum absolute atomic E-state index is 0.0986. The standard InChI is InChI=1S/C20H25ClN4O/c1-15-18(21)4-3-5-19(15)23-20(26)14-22-16-6-8-17(9-7-16)25-12-10-24(2)11-13-25/h3-9,22H,10-14H2,1-2H3,(H,23,26). The molecule has 0 spiro atoms. The van der Waals surface area contributed by atoms with E-state index in [1.54, 1.807) is 0 Å². The van der Waals surface area contributed by atoms with E-state index in [1.165, 1.54) is 5.69 Å². The van der Waals surface area contributed by atoms with E-state index in [9.17, 15) is 4.79 Å². The van der Waals surface area contributed by atoms with Gasteiger partial charge in [0.1, 0.15) is 0 Å². The molecular weight excluding hydrogens is 348 g/mol. The third-order valence-corrected chi connectivity index (χ3v) is 5.14. The van der Waals surface area contributed by atoms with Crippen molar-refractivity contribution in [3.63, 3.8) is 0 Å². The quantitative estimate of drug-likeness (QED) is 0.844. The number of halogens is 1. The molecule has 0 saturated carbocycles. The summed E-state index contributed by atoms with van der Waals surface area (Å²) in [6.07, 6.45) is 0. The van der Waals surface area contributed by atoms with E-state index < -0.39 is 0 Å². The summed E-state index contributed by atoms with van der Waals surface area (Å²) in [6, 6.07) is 13.7. The van der Waals surface area contributed by atoms with Crippen LogP contribution in [0.4, 0.5) is 17.1 Å². The first-order chi connectivity index (χ1) is 12.5. The maximum absolute atomic E-state index is 12.2. The molecule has 5 nitrogen and oxygen atoms in total. The smallest absolute Gasteiger partial charge is 0.243 e. The fraction of sp³-hybridized carbons (Fsp3) is 0.350. The van der Waals surface area contributed by atoms with Gasteiger partial charge in [-0.05, 0) is 55.9 Å². The monoisotopic (exact) mass is 372 g/mol. The highest BCUT2D eigenvalue weighted by Crippen LogP contribution is 2.23. The zero-order valence-corrected chi connectivity index (χ0v) is 16.0. The fourth-order valence-corrected chi connectivity index (χ4v) is 3.15. The number of nitrogens with one attached hydrogen (secondary N) is 2. The molecule has 2 aromatic carbocycles. The molecule has 138 valence electrons. The summed E-state index contributed by atoms with van der Waals surface area (Å²) in [4.78, 5) is 16.9. The van der Waals surface area contributed by atoms with E-state index in [4.69, 9.17) is 11.6 Å². The summed E-state index contributed by atoms with van der Waals surface area (Å²) in [5.74, 6) is -0.0986. The molecule has 0 atom stereocenters.